The summed E-state index contributed by atoms with van der Waals surface area (Å²) in [5.74, 6) is 5.72. The number of amides is 1. The number of hydrogen-bond donors (Lipinski definition) is 2. The molecule has 0 aliphatic rings. The van der Waals surface area contributed by atoms with Gasteiger partial charge in [0.2, 0.25) is 0 Å². The summed E-state index contributed by atoms with van der Waals surface area (Å²) in [6.45, 7) is 0.413. The van der Waals surface area contributed by atoms with Gasteiger partial charge in [-0.1, -0.05) is 33.8 Å². The molecule has 0 unspecified atom stereocenters. The molecule has 2 aromatic carbocycles. The van der Waals surface area contributed by atoms with E-state index in [9.17, 15) is 9.18 Å². The quantitative estimate of drug-likeness (QED) is 0.608. The number of nitrogens with zero attached hydrogens (tertiary/aromatic N) is 1. The highest BCUT2D eigenvalue weighted by Gasteiger charge is 2.10. The fourth-order valence-corrected chi connectivity index (χ4v) is 2.59. The summed E-state index contributed by atoms with van der Waals surface area (Å²) in [7, 11) is 0. The molecule has 0 aliphatic heterocycles. The van der Waals surface area contributed by atoms with Crippen LogP contribution in [0.2, 0.25) is 0 Å². The summed E-state index contributed by atoms with van der Waals surface area (Å²) in [6.07, 6.45) is 0. The molecule has 27 heavy (non-hydrogen) atoms. The van der Waals surface area contributed by atoms with Crippen LogP contribution < -0.4 is 10.1 Å². The Labute approximate surface area is 164 Å². The Morgan fingerprint density at radius 1 is 1.19 bits per heavy atom. The molecule has 5 nitrogen and oxygen atoms in total. The number of H-pyrrole nitrogens is 1. The molecule has 1 aromatic heterocycles. The Balaban J connectivity index is 1.47. The Morgan fingerprint density at radius 3 is 2.78 bits per heavy atom. The molecule has 1 amide bonds. The molecule has 0 saturated heterocycles. The third-order valence-corrected chi connectivity index (χ3v) is 4.03. The molecular formula is C20H15BrFN3O2. The third-order valence-electron chi connectivity index (χ3n) is 3.53. The summed E-state index contributed by atoms with van der Waals surface area (Å²) in [4.78, 5) is 12.1. The number of carbonyl (C=O) groups excluding carboxylic acids is 1. The molecular weight excluding hydrogens is 413 g/mol. The molecule has 0 radical (unpaired) electrons. The number of aromatic nitrogens is 2. The maximum atomic E-state index is 13.0. The van der Waals surface area contributed by atoms with Crippen molar-refractivity contribution in [3.05, 3.63) is 70.6 Å². The fourth-order valence-electron chi connectivity index (χ4n) is 2.22. The normalized spacial score (nSPS) is 10.0. The van der Waals surface area contributed by atoms with Crippen LogP contribution in [0.15, 0.2) is 59.1 Å². The predicted molar refractivity (Wildman–Crippen MR) is 104 cm³/mol. The number of benzene rings is 2. The number of ether oxygens (including phenoxy) is 1. The summed E-state index contributed by atoms with van der Waals surface area (Å²) < 4.78 is 19.4. The minimum Gasteiger partial charge on any atom is -0.481 e. The Hall–Kier alpha value is -3.11. The van der Waals surface area contributed by atoms with Gasteiger partial charge in [0.25, 0.3) is 5.91 Å². The van der Waals surface area contributed by atoms with E-state index >= 15 is 0 Å². The van der Waals surface area contributed by atoms with E-state index < -0.39 is 0 Å². The first kappa shape index (κ1) is 18.7. The molecule has 0 atom stereocenters. The Morgan fingerprint density at radius 2 is 2.00 bits per heavy atom. The number of nitrogens with one attached hydrogen (secondary N) is 2. The summed E-state index contributed by atoms with van der Waals surface area (Å²) in [5.41, 5.74) is 1.59. The van der Waals surface area contributed by atoms with E-state index in [-0.39, 0.29) is 24.9 Å². The van der Waals surface area contributed by atoms with Crippen LogP contribution in [0.5, 0.6) is 5.75 Å². The van der Waals surface area contributed by atoms with Crippen molar-refractivity contribution in [2.75, 3.05) is 13.2 Å². The summed E-state index contributed by atoms with van der Waals surface area (Å²) in [6, 6.07) is 15.0. The molecule has 0 saturated carbocycles. The maximum Gasteiger partial charge on any atom is 0.270 e. The average Bonchev–Trinajstić information content (AvgIpc) is 3.15. The molecule has 3 rings (SSSR count). The summed E-state index contributed by atoms with van der Waals surface area (Å²) >= 11 is 3.37. The topological polar surface area (TPSA) is 67.0 Å². The lowest BCUT2D eigenvalue weighted by molar-refractivity contribution is 0.0953. The van der Waals surface area contributed by atoms with Gasteiger partial charge in [-0.05, 0) is 48.5 Å². The van der Waals surface area contributed by atoms with E-state index in [2.05, 4.69) is 43.3 Å². The monoisotopic (exact) mass is 427 g/mol. The number of rotatable bonds is 5. The van der Waals surface area contributed by atoms with Crippen molar-refractivity contribution in [3.63, 3.8) is 0 Å². The average molecular weight is 428 g/mol. The second-order valence-electron chi connectivity index (χ2n) is 5.46. The molecule has 0 aliphatic carbocycles. The predicted octanol–water partition coefficient (Wildman–Crippen LogP) is 3.79. The second-order valence-corrected chi connectivity index (χ2v) is 6.37. The van der Waals surface area contributed by atoms with Crippen LogP contribution in [0, 0.1) is 17.7 Å². The van der Waals surface area contributed by atoms with Gasteiger partial charge in [-0.2, -0.15) is 5.10 Å². The van der Waals surface area contributed by atoms with Crippen LogP contribution in [-0.4, -0.2) is 29.3 Å². The van der Waals surface area contributed by atoms with Gasteiger partial charge in [0.1, 0.15) is 23.9 Å². The van der Waals surface area contributed by atoms with Crippen molar-refractivity contribution in [2.45, 2.75) is 0 Å². The molecule has 7 heteroatoms. The van der Waals surface area contributed by atoms with Crippen molar-refractivity contribution in [1.29, 1.82) is 0 Å². The lowest BCUT2D eigenvalue weighted by atomic mass is 10.1. The lowest BCUT2D eigenvalue weighted by Crippen LogP contribution is -2.24. The first-order valence-electron chi connectivity index (χ1n) is 8.05. The van der Waals surface area contributed by atoms with Gasteiger partial charge in [-0.25, -0.2) is 4.39 Å². The van der Waals surface area contributed by atoms with Gasteiger partial charge in [0.05, 0.1) is 12.2 Å². The zero-order chi connectivity index (χ0) is 19.1. The zero-order valence-electron chi connectivity index (χ0n) is 14.1. The van der Waals surface area contributed by atoms with Crippen LogP contribution >= 0.6 is 15.9 Å². The summed E-state index contributed by atoms with van der Waals surface area (Å²) in [5, 5.41) is 9.41. The van der Waals surface area contributed by atoms with Gasteiger partial charge >= 0.3 is 0 Å². The minimum absolute atomic E-state index is 0.186. The Kier molecular flexibility index (Phi) is 6.23. The number of halogens is 2. The van der Waals surface area contributed by atoms with Crippen molar-refractivity contribution < 1.29 is 13.9 Å². The van der Waals surface area contributed by atoms with E-state index in [4.69, 9.17) is 4.74 Å². The van der Waals surface area contributed by atoms with E-state index in [1.807, 2.05) is 24.3 Å². The molecule has 3 aromatic rings. The fraction of sp³-hybridized carbons (Fsp3) is 0.100. The molecule has 0 bridgehead atoms. The number of carbonyl (C=O) groups is 1. The standard InChI is InChI=1S/C20H15BrFN3O2/c21-15-4-3-5-17(12-15)27-11-2-1-10-23-20(26)19-13-18(24-25-19)14-6-8-16(22)9-7-14/h3-9,12-13H,10-11H2,(H,23,26)(H,24,25). The van der Waals surface area contributed by atoms with Crippen molar-refractivity contribution >= 4 is 21.8 Å². The van der Waals surface area contributed by atoms with Crippen molar-refractivity contribution in [1.82, 2.24) is 15.5 Å². The molecule has 2 N–H and O–H groups in total. The van der Waals surface area contributed by atoms with Crippen LogP contribution in [0.25, 0.3) is 11.3 Å². The molecule has 0 fully saturated rings. The second kappa shape index (κ2) is 9.01. The smallest absolute Gasteiger partial charge is 0.270 e. The Bertz CT molecular complexity index is 990. The third kappa shape index (κ3) is 5.43. The van der Waals surface area contributed by atoms with Gasteiger partial charge in [-0.3, -0.25) is 9.89 Å². The van der Waals surface area contributed by atoms with Gasteiger partial charge in [0, 0.05) is 10.0 Å². The van der Waals surface area contributed by atoms with Crippen LogP contribution in [0.3, 0.4) is 0 Å². The van der Waals surface area contributed by atoms with E-state index in [1.165, 1.54) is 12.1 Å². The molecule has 136 valence electrons. The van der Waals surface area contributed by atoms with Gasteiger partial charge in [-0.15, -0.1) is 0 Å². The maximum absolute atomic E-state index is 13.0. The van der Waals surface area contributed by atoms with Crippen LogP contribution in [-0.2, 0) is 0 Å². The largest absolute Gasteiger partial charge is 0.481 e. The van der Waals surface area contributed by atoms with E-state index in [0.29, 0.717) is 17.1 Å². The molecule has 1 heterocycles. The highest BCUT2D eigenvalue weighted by Crippen LogP contribution is 2.18. The number of aromatic amines is 1. The van der Waals surface area contributed by atoms with Crippen molar-refractivity contribution in [2.24, 2.45) is 0 Å². The van der Waals surface area contributed by atoms with Crippen LogP contribution in [0.4, 0.5) is 4.39 Å². The number of hydrogen-bond acceptors (Lipinski definition) is 3. The highest BCUT2D eigenvalue weighted by molar-refractivity contribution is 9.10. The van der Waals surface area contributed by atoms with E-state index in [1.54, 1.807) is 18.2 Å². The van der Waals surface area contributed by atoms with E-state index in [0.717, 1.165) is 10.0 Å². The minimum atomic E-state index is -0.324. The zero-order valence-corrected chi connectivity index (χ0v) is 15.7. The SMILES string of the molecule is O=C(NCC#CCOc1cccc(Br)c1)c1cc(-c2ccc(F)cc2)n[nH]1. The highest BCUT2D eigenvalue weighted by atomic mass is 79.9. The first-order chi connectivity index (χ1) is 13.1. The van der Waals surface area contributed by atoms with Gasteiger partial charge in [0.15, 0.2) is 0 Å². The van der Waals surface area contributed by atoms with Crippen molar-refractivity contribution in [3.8, 4) is 28.8 Å². The van der Waals surface area contributed by atoms with Crippen LogP contribution in [0.1, 0.15) is 10.5 Å². The van der Waals surface area contributed by atoms with Gasteiger partial charge < -0.3 is 10.1 Å². The molecule has 0 spiro atoms. The lowest BCUT2D eigenvalue weighted by Gasteiger charge is -2.01. The first-order valence-corrected chi connectivity index (χ1v) is 8.85.